The molecule has 0 spiro atoms. The number of nitrogens with one attached hydrogen (secondary N) is 1. The molecule has 0 aromatic heterocycles. The van der Waals surface area contributed by atoms with Crippen LogP contribution in [0.5, 0.6) is 0 Å². The fourth-order valence-corrected chi connectivity index (χ4v) is 2.71. The maximum Gasteiger partial charge on any atom is 0.0242 e. The Bertz CT molecular complexity index is 170. The summed E-state index contributed by atoms with van der Waals surface area (Å²) in [4.78, 5) is 2.66. The van der Waals surface area contributed by atoms with Gasteiger partial charge < -0.3 is 4.90 Å². The molecule has 13 heavy (non-hydrogen) atoms. The molecule has 0 aromatic rings. The summed E-state index contributed by atoms with van der Waals surface area (Å²) in [6.07, 6.45) is 5.50. The lowest BCUT2D eigenvalue weighted by atomic mass is 9.98. The van der Waals surface area contributed by atoms with Gasteiger partial charge in [0.05, 0.1) is 0 Å². The van der Waals surface area contributed by atoms with Crippen LogP contribution in [0.25, 0.3) is 0 Å². The number of hydrazine groups is 1. The summed E-state index contributed by atoms with van der Waals surface area (Å²) in [6.45, 7) is 2.65. The predicted octanol–water partition coefficient (Wildman–Crippen LogP) is 0.679. The van der Waals surface area contributed by atoms with E-state index in [0.717, 1.165) is 6.04 Å². The molecule has 0 saturated carbocycles. The van der Waals surface area contributed by atoms with E-state index < -0.39 is 0 Å². The lowest BCUT2D eigenvalue weighted by Crippen LogP contribution is -2.49. The van der Waals surface area contributed by atoms with Crippen molar-refractivity contribution >= 4 is 0 Å². The predicted molar refractivity (Wildman–Crippen MR) is 54.4 cm³/mol. The van der Waals surface area contributed by atoms with Crippen LogP contribution >= 0.6 is 0 Å². The van der Waals surface area contributed by atoms with Crippen LogP contribution in [0.15, 0.2) is 0 Å². The van der Waals surface area contributed by atoms with Crippen LogP contribution in [0.4, 0.5) is 0 Å². The molecular weight excluding hydrogens is 162 g/mol. The van der Waals surface area contributed by atoms with E-state index in [9.17, 15) is 0 Å². The summed E-state index contributed by atoms with van der Waals surface area (Å²) in [6, 6.07) is 1.60. The Balaban J connectivity index is 1.83. The van der Waals surface area contributed by atoms with E-state index in [1.54, 1.807) is 0 Å². The fraction of sp³-hybridized carbons (Fsp3) is 1.00. The molecule has 2 rings (SSSR count). The zero-order valence-electron chi connectivity index (χ0n) is 8.79. The van der Waals surface area contributed by atoms with Gasteiger partial charge in [-0.3, -0.25) is 10.4 Å². The van der Waals surface area contributed by atoms with Gasteiger partial charge in [-0.05, 0) is 38.8 Å². The molecule has 1 N–H and O–H groups in total. The molecule has 76 valence electrons. The lowest BCUT2D eigenvalue weighted by Gasteiger charge is -2.36. The third kappa shape index (κ3) is 2.22. The number of fused-ring (bicyclic) bond motifs is 1. The standard InChI is InChI=1S/C10H21N3/c1-12(2)11-9-5-7-13-6-3-4-10(13)8-9/h9-11H,3-8H2,1-2H3. The van der Waals surface area contributed by atoms with E-state index in [2.05, 4.69) is 29.4 Å². The summed E-state index contributed by atoms with van der Waals surface area (Å²) in [5.74, 6) is 0. The SMILES string of the molecule is CN(C)NC1CCN2CCCC2C1. The fourth-order valence-electron chi connectivity index (χ4n) is 2.71. The number of hydrogen-bond acceptors (Lipinski definition) is 3. The van der Waals surface area contributed by atoms with Gasteiger partial charge in [-0.2, -0.15) is 0 Å². The lowest BCUT2D eigenvalue weighted by molar-refractivity contribution is 0.125. The van der Waals surface area contributed by atoms with Crippen molar-refractivity contribution in [1.29, 1.82) is 0 Å². The molecule has 3 heteroatoms. The average molecular weight is 183 g/mol. The van der Waals surface area contributed by atoms with E-state index in [0.29, 0.717) is 6.04 Å². The van der Waals surface area contributed by atoms with E-state index in [1.165, 1.54) is 38.8 Å². The summed E-state index contributed by atoms with van der Waals surface area (Å²) in [5, 5.41) is 2.09. The van der Waals surface area contributed by atoms with Crippen LogP contribution in [-0.4, -0.2) is 49.2 Å². The van der Waals surface area contributed by atoms with Gasteiger partial charge in [0.25, 0.3) is 0 Å². The summed E-state index contributed by atoms with van der Waals surface area (Å²) >= 11 is 0. The molecule has 2 heterocycles. The molecule has 2 unspecified atom stereocenters. The van der Waals surface area contributed by atoms with Crippen molar-refractivity contribution in [2.75, 3.05) is 27.2 Å². The van der Waals surface area contributed by atoms with Crippen molar-refractivity contribution in [3.63, 3.8) is 0 Å². The van der Waals surface area contributed by atoms with Gasteiger partial charge in [0, 0.05) is 26.2 Å². The zero-order valence-corrected chi connectivity index (χ0v) is 8.79. The molecule has 2 saturated heterocycles. The van der Waals surface area contributed by atoms with Crippen molar-refractivity contribution in [3.8, 4) is 0 Å². The highest BCUT2D eigenvalue weighted by Crippen LogP contribution is 2.26. The first kappa shape index (κ1) is 9.44. The van der Waals surface area contributed by atoms with Gasteiger partial charge >= 0.3 is 0 Å². The topological polar surface area (TPSA) is 18.5 Å². The molecule has 2 aliphatic rings. The van der Waals surface area contributed by atoms with Gasteiger partial charge in [0.1, 0.15) is 0 Å². The number of piperidine rings is 1. The maximum absolute atomic E-state index is 3.50. The Morgan fingerprint density at radius 2 is 2.08 bits per heavy atom. The third-order valence-corrected chi connectivity index (χ3v) is 3.26. The normalized spacial score (nSPS) is 35.3. The molecule has 0 amide bonds. The summed E-state index contributed by atoms with van der Waals surface area (Å²) < 4.78 is 0. The minimum absolute atomic E-state index is 0.717. The Hall–Kier alpha value is -0.120. The molecule has 2 fully saturated rings. The van der Waals surface area contributed by atoms with Crippen molar-refractivity contribution < 1.29 is 0 Å². The quantitative estimate of drug-likeness (QED) is 0.635. The van der Waals surface area contributed by atoms with Crippen LogP contribution in [0.1, 0.15) is 25.7 Å². The zero-order chi connectivity index (χ0) is 9.26. The van der Waals surface area contributed by atoms with Crippen LogP contribution in [0, 0.1) is 0 Å². The molecule has 0 aliphatic carbocycles. The molecule has 2 aliphatic heterocycles. The second-order valence-corrected chi connectivity index (χ2v) is 4.58. The van der Waals surface area contributed by atoms with E-state index >= 15 is 0 Å². The minimum Gasteiger partial charge on any atom is -0.300 e. The monoisotopic (exact) mass is 183 g/mol. The van der Waals surface area contributed by atoms with Crippen LogP contribution in [0.3, 0.4) is 0 Å². The number of nitrogens with zero attached hydrogens (tertiary/aromatic N) is 2. The highest BCUT2D eigenvalue weighted by atomic mass is 15.5. The van der Waals surface area contributed by atoms with Gasteiger partial charge in [0.15, 0.2) is 0 Å². The van der Waals surface area contributed by atoms with Crippen LogP contribution in [0.2, 0.25) is 0 Å². The largest absolute Gasteiger partial charge is 0.300 e. The smallest absolute Gasteiger partial charge is 0.0242 e. The Labute approximate surface area is 81.1 Å². The number of hydrogen-bond donors (Lipinski definition) is 1. The van der Waals surface area contributed by atoms with Gasteiger partial charge in [0.2, 0.25) is 0 Å². The first-order valence-corrected chi connectivity index (χ1v) is 5.43. The Kier molecular flexibility index (Phi) is 2.86. The molecule has 0 bridgehead atoms. The van der Waals surface area contributed by atoms with Gasteiger partial charge in [-0.25, -0.2) is 0 Å². The molecule has 3 nitrogen and oxygen atoms in total. The highest BCUT2D eigenvalue weighted by molar-refractivity contribution is 4.88. The van der Waals surface area contributed by atoms with Gasteiger partial charge in [-0.15, -0.1) is 0 Å². The van der Waals surface area contributed by atoms with Crippen molar-refractivity contribution in [2.24, 2.45) is 0 Å². The van der Waals surface area contributed by atoms with E-state index in [-0.39, 0.29) is 0 Å². The minimum atomic E-state index is 0.717. The first-order chi connectivity index (χ1) is 6.25. The summed E-state index contributed by atoms with van der Waals surface area (Å²) in [5.41, 5.74) is 3.50. The average Bonchev–Trinajstić information content (AvgIpc) is 2.49. The number of rotatable bonds is 2. The summed E-state index contributed by atoms with van der Waals surface area (Å²) in [7, 11) is 4.17. The molecule has 2 atom stereocenters. The highest BCUT2D eigenvalue weighted by Gasteiger charge is 2.31. The maximum atomic E-state index is 3.50. The van der Waals surface area contributed by atoms with E-state index in [4.69, 9.17) is 0 Å². The van der Waals surface area contributed by atoms with Crippen LogP contribution < -0.4 is 5.43 Å². The molecule has 0 radical (unpaired) electrons. The Morgan fingerprint density at radius 3 is 2.85 bits per heavy atom. The second kappa shape index (κ2) is 3.95. The third-order valence-electron chi connectivity index (χ3n) is 3.26. The van der Waals surface area contributed by atoms with E-state index in [1.807, 2.05) is 0 Å². The molecule has 0 aromatic carbocycles. The van der Waals surface area contributed by atoms with Gasteiger partial charge in [-0.1, -0.05) is 0 Å². The second-order valence-electron chi connectivity index (χ2n) is 4.58. The van der Waals surface area contributed by atoms with Crippen molar-refractivity contribution in [1.82, 2.24) is 15.3 Å². The molecular formula is C10H21N3. The van der Waals surface area contributed by atoms with Crippen molar-refractivity contribution in [2.45, 2.75) is 37.8 Å². The van der Waals surface area contributed by atoms with Crippen LogP contribution in [-0.2, 0) is 0 Å². The Morgan fingerprint density at radius 1 is 1.23 bits per heavy atom. The van der Waals surface area contributed by atoms with Crippen molar-refractivity contribution in [3.05, 3.63) is 0 Å². The first-order valence-electron chi connectivity index (χ1n) is 5.43.